The third kappa shape index (κ3) is 4.10. The second-order valence-electron chi connectivity index (χ2n) is 9.86. The van der Waals surface area contributed by atoms with Gasteiger partial charge in [0, 0.05) is 28.3 Å². The molecule has 2 unspecified atom stereocenters. The summed E-state index contributed by atoms with van der Waals surface area (Å²) < 4.78 is 29.9. The molecule has 3 aromatic heterocycles. The maximum absolute atomic E-state index is 14.1. The number of nitrogens with zero attached hydrogens (tertiary/aromatic N) is 3. The maximum atomic E-state index is 14.1. The smallest absolute Gasteiger partial charge is 0.262 e. The van der Waals surface area contributed by atoms with Crippen molar-refractivity contribution in [1.82, 2.24) is 19.5 Å². The van der Waals surface area contributed by atoms with Crippen molar-refractivity contribution in [2.24, 2.45) is 0 Å². The number of carbonyl (C=O) groups is 3. The zero-order valence-electron chi connectivity index (χ0n) is 20.0. The number of ketones is 1. The normalized spacial score (nSPS) is 23.9. The summed E-state index contributed by atoms with van der Waals surface area (Å²) in [6, 6.07) is 5.36. The first-order valence-corrected chi connectivity index (χ1v) is 15.5. The number of carbonyl (C=O) groups excluding carboxylic acids is 3. The lowest BCUT2D eigenvalue weighted by Crippen LogP contribution is -2.62. The molecule has 0 aromatic carbocycles. The van der Waals surface area contributed by atoms with Gasteiger partial charge in [0.05, 0.1) is 17.5 Å². The summed E-state index contributed by atoms with van der Waals surface area (Å²) in [7, 11) is -3.93. The second kappa shape index (κ2) is 9.26. The summed E-state index contributed by atoms with van der Waals surface area (Å²) in [5.41, 5.74) is -1.10. The largest absolute Gasteiger partial charge is 0.337 e. The van der Waals surface area contributed by atoms with Gasteiger partial charge in [-0.3, -0.25) is 19.4 Å². The summed E-state index contributed by atoms with van der Waals surface area (Å²) in [5, 5.41) is 5.05. The minimum Gasteiger partial charge on any atom is -0.337 e. The minimum atomic E-state index is -3.93. The van der Waals surface area contributed by atoms with Crippen LogP contribution in [-0.4, -0.2) is 70.9 Å². The SMILES string of the molecule is O=C(NC1(C(=O)N2CCC3C2C(=O)CN3S(=O)(=O)c2cccnc2)CCCCC1)c1cc2sccc2s1. The molecule has 0 bridgehead atoms. The zero-order chi connectivity index (χ0) is 25.8. The number of amides is 2. The number of Topliss-reactive ketones (excluding diaryl/α,β-unsaturated/α-hetero) is 1. The van der Waals surface area contributed by atoms with Gasteiger partial charge in [-0.15, -0.1) is 22.7 Å². The first-order valence-electron chi connectivity index (χ1n) is 12.4. The quantitative estimate of drug-likeness (QED) is 0.515. The Balaban J connectivity index is 1.26. The Labute approximate surface area is 222 Å². The summed E-state index contributed by atoms with van der Waals surface area (Å²) in [6.45, 7) is -0.00699. The number of aromatic nitrogens is 1. The Morgan fingerprint density at radius 3 is 2.68 bits per heavy atom. The lowest BCUT2D eigenvalue weighted by molar-refractivity contribution is -0.143. The molecule has 1 aliphatic carbocycles. The molecule has 0 spiro atoms. The van der Waals surface area contributed by atoms with Gasteiger partial charge in [0.25, 0.3) is 5.91 Å². The fourth-order valence-corrected chi connectivity index (χ4v) is 9.53. The molecule has 2 amide bonds. The molecule has 2 saturated heterocycles. The van der Waals surface area contributed by atoms with Gasteiger partial charge in [-0.2, -0.15) is 4.31 Å². The van der Waals surface area contributed by atoms with Gasteiger partial charge in [-0.25, -0.2) is 8.42 Å². The fourth-order valence-electron chi connectivity index (χ4n) is 5.94. The average molecular weight is 559 g/mol. The molecule has 2 aliphatic heterocycles. The highest BCUT2D eigenvalue weighted by Crippen LogP contribution is 2.38. The first-order chi connectivity index (χ1) is 17.8. The Morgan fingerprint density at radius 2 is 1.95 bits per heavy atom. The van der Waals surface area contributed by atoms with E-state index in [1.54, 1.807) is 17.4 Å². The predicted molar refractivity (Wildman–Crippen MR) is 140 cm³/mol. The van der Waals surface area contributed by atoms with Gasteiger partial charge in [-0.1, -0.05) is 19.3 Å². The van der Waals surface area contributed by atoms with Gasteiger partial charge in [-0.05, 0) is 48.9 Å². The molecule has 12 heteroatoms. The van der Waals surface area contributed by atoms with Crippen molar-refractivity contribution in [3.8, 4) is 0 Å². The van der Waals surface area contributed by atoms with Crippen LogP contribution in [0.25, 0.3) is 9.40 Å². The van der Waals surface area contributed by atoms with Crippen molar-refractivity contribution in [1.29, 1.82) is 0 Å². The lowest BCUT2D eigenvalue weighted by atomic mass is 9.80. The highest BCUT2D eigenvalue weighted by Gasteiger charge is 2.56. The zero-order valence-corrected chi connectivity index (χ0v) is 22.4. The molecule has 6 rings (SSSR count). The summed E-state index contributed by atoms with van der Waals surface area (Å²) >= 11 is 2.97. The standard InChI is InChI=1S/C25H26N4O5S3/c30-18-15-29(37(33,34)16-5-4-10-26-14-16)17-6-11-28(22(17)18)24(32)25(8-2-1-3-9-25)27-23(31)21-13-20-19(36-21)7-12-35-20/h4-5,7,10,12-14,17,22H,1-3,6,8-9,11,15H2,(H,27,31). The third-order valence-electron chi connectivity index (χ3n) is 7.71. The molecule has 1 N–H and O–H groups in total. The lowest BCUT2D eigenvalue weighted by Gasteiger charge is -2.40. The first kappa shape index (κ1) is 24.7. The fraction of sp³-hybridized carbons (Fsp3) is 0.440. The summed E-state index contributed by atoms with van der Waals surface area (Å²) in [4.78, 5) is 46.6. The van der Waals surface area contributed by atoms with Crippen molar-refractivity contribution in [2.45, 2.75) is 61.0 Å². The maximum Gasteiger partial charge on any atom is 0.262 e. The molecule has 5 heterocycles. The molecule has 1 saturated carbocycles. The number of pyridine rings is 1. The van der Waals surface area contributed by atoms with E-state index in [9.17, 15) is 22.8 Å². The van der Waals surface area contributed by atoms with Crippen molar-refractivity contribution in [3.05, 3.63) is 46.9 Å². The van der Waals surface area contributed by atoms with Crippen LogP contribution in [0.5, 0.6) is 0 Å². The third-order valence-corrected chi connectivity index (χ3v) is 11.7. The number of rotatable bonds is 5. The van der Waals surface area contributed by atoms with E-state index in [0.29, 0.717) is 24.1 Å². The van der Waals surface area contributed by atoms with E-state index >= 15 is 0 Å². The molecule has 3 aromatic rings. The Kier molecular flexibility index (Phi) is 6.17. The van der Waals surface area contributed by atoms with E-state index < -0.39 is 27.6 Å². The van der Waals surface area contributed by atoms with Gasteiger partial charge in [0.2, 0.25) is 15.9 Å². The number of hydrogen-bond acceptors (Lipinski definition) is 8. The number of nitrogens with one attached hydrogen (secondary N) is 1. The summed E-state index contributed by atoms with van der Waals surface area (Å²) in [5.74, 6) is -0.850. The van der Waals surface area contributed by atoms with E-state index in [1.807, 2.05) is 17.5 Å². The van der Waals surface area contributed by atoms with Crippen molar-refractivity contribution in [3.63, 3.8) is 0 Å². The van der Waals surface area contributed by atoms with Crippen LogP contribution in [0.15, 0.2) is 46.9 Å². The Morgan fingerprint density at radius 1 is 1.14 bits per heavy atom. The van der Waals surface area contributed by atoms with Gasteiger partial charge in [0.1, 0.15) is 16.5 Å². The molecule has 3 fully saturated rings. The van der Waals surface area contributed by atoms with Crippen LogP contribution in [0.2, 0.25) is 0 Å². The van der Waals surface area contributed by atoms with Crippen LogP contribution < -0.4 is 5.32 Å². The van der Waals surface area contributed by atoms with E-state index in [4.69, 9.17) is 0 Å². The molecule has 37 heavy (non-hydrogen) atoms. The monoisotopic (exact) mass is 558 g/mol. The molecular formula is C25H26N4O5S3. The van der Waals surface area contributed by atoms with Gasteiger partial charge < -0.3 is 10.2 Å². The number of hydrogen-bond donors (Lipinski definition) is 1. The van der Waals surface area contributed by atoms with E-state index in [2.05, 4.69) is 10.3 Å². The van der Waals surface area contributed by atoms with Crippen molar-refractivity contribution < 1.29 is 22.8 Å². The molecular weight excluding hydrogens is 532 g/mol. The van der Waals surface area contributed by atoms with Gasteiger partial charge >= 0.3 is 0 Å². The van der Waals surface area contributed by atoms with Crippen LogP contribution in [0.1, 0.15) is 48.2 Å². The Bertz CT molecular complexity index is 1450. The second-order valence-corrected chi connectivity index (χ2v) is 13.8. The van der Waals surface area contributed by atoms with Crippen LogP contribution >= 0.6 is 22.7 Å². The molecule has 2 atom stereocenters. The van der Waals surface area contributed by atoms with Crippen molar-refractivity contribution in [2.75, 3.05) is 13.1 Å². The minimum absolute atomic E-state index is 0.0279. The van der Waals surface area contributed by atoms with E-state index in [-0.39, 0.29) is 35.6 Å². The number of likely N-dealkylation sites (tertiary alicyclic amines) is 1. The van der Waals surface area contributed by atoms with Crippen LogP contribution in [0.3, 0.4) is 0 Å². The topological polar surface area (TPSA) is 117 Å². The Hall–Kier alpha value is -2.67. The van der Waals surface area contributed by atoms with Crippen LogP contribution in [0, 0.1) is 0 Å². The molecule has 3 aliphatic rings. The van der Waals surface area contributed by atoms with Crippen LogP contribution in [0.4, 0.5) is 0 Å². The highest BCUT2D eigenvalue weighted by atomic mass is 32.2. The molecule has 194 valence electrons. The average Bonchev–Trinajstić information content (AvgIpc) is 3.67. The number of thiophene rings is 2. The number of fused-ring (bicyclic) bond motifs is 2. The van der Waals surface area contributed by atoms with Gasteiger partial charge in [0.15, 0.2) is 5.78 Å². The van der Waals surface area contributed by atoms with Crippen LogP contribution in [-0.2, 0) is 19.6 Å². The van der Waals surface area contributed by atoms with Crippen molar-refractivity contribution >= 4 is 59.7 Å². The molecule has 0 radical (unpaired) electrons. The highest BCUT2D eigenvalue weighted by molar-refractivity contribution is 7.89. The molecule has 9 nitrogen and oxygen atoms in total. The number of sulfonamides is 1. The predicted octanol–water partition coefficient (Wildman–Crippen LogP) is 3.03. The van der Waals surface area contributed by atoms with E-state index in [1.165, 1.54) is 39.0 Å². The summed E-state index contributed by atoms with van der Waals surface area (Å²) in [6.07, 6.45) is 6.69. The van der Waals surface area contributed by atoms with E-state index in [0.717, 1.165) is 28.7 Å².